The molecule has 19 heavy (non-hydrogen) atoms. The second-order valence-corrected chi connectivity index (χ2v) is 4.46. The van der Waals surface area contributed by atoms with Gasteiger partial charge in [0.2, 0.25) is 0 Å². The Balaban J connectivity index is 1.97. The lowest BCUT2D eigenvalue weighted by Crippen LogP contribution is -2.23. The largest absolute Gasteiger partial charge is 0.260 e. The van der Waals surface area contributed by atoms with E-state index in [1.807, 2.05) is 48.5 Å². The first-order valence-electron chi connectivity index (χ1n) is 6.24. The van der Waals surface area contributed by atoms with E-state index in [2.05, 4.69) is 18.3 Å². The van der Waals surface area contributed by atoms with E-state index in [-0.39, 0.29) is 6.04 Å². The van der Waals surface area contributed by atoms with Crippen LogP contribution in [0.1, 0.15) is 17.2 Å². The normalized spacial score (nSPS) is 17.9. The van der Waals surface area contributed by atoms with Crippen molar-refractivity contribution < 1.29 is 0 Å². The van der Waals surface area contributed by atoms with E-state index in [9.17, 15) is 5.26 Å². The van der Waals surface area contributed by atoms with Gasteiger partial charge in [0.15, 0.2) is 6.19 Å². The summed E-state index contributed by atoms with van der Waals surface area (Å²) in [6, 6.07) is 20.0. The number of nitrogens with zero attached hydrogens (tertiary/aromatic N) is 3. The van der Waals surface area contributed by atoms with Crippen molar-refractivity contribution in [1.82, 2.24) is 4.90 Å². The molecule has 0 saturated carbocycles. The predicted octanol–water partition coefficient (Wildman–Crippen LogP) is 2.97. The number of nitriles is 1. The Morgan fingerprint density at radius 3 is 2.26 bits per heavy atom. The maximum atomic E-state index is 9.26. The van der Waals surface area contributed by atoms with Crippen LogP contribution >= 0.6 is 0 Å². The zero-order valence-electron chi connectivity index (χ0n) is 10.4. The third-order valence-corrected chi connectivity index (χ3v) is 3.23. The van der Waals surface area contributed by atoms with Gasteiger partial charge in [0, 0.05) is 5.56 Å². The van der Waals surface area contributed by atoms with E-state index in [0.29, 0.717) is 6.54 Å². The molecule has 0 saturated heterocycles. The van der Waals surface area contributed by atoms with Gasteiger partial charge in [-0.2, -0.15) is 5.26 Å². The molecule has 1 aliphatic rings. The molecule has 1 heterocycles. The van der Waals surface area contributed by atoms with Crippen LogP contribution in [0.15, 0.2) is 65.7 Å². The van der Waals surface area contributed by atoms with Crippen molar-refractivity contribution >= 4 is 5.84 Å². The van der Waals surface area contributed by atoms with E-state index in [1.54, 1.807) is 4.90 Å². The number of aliphatic imine (C=N–C) groups is 1. The van der Waals surface area contributed by atoms with E-state index in [0.717, 1.165) is 17.0 Å². The summed E-state index contributed by atoms with van der Waals surface area (Å²) in [7, 11) is 0. The van der Waals surface area contributed by atoms with Crippen molar-refractivity contribution in [2.24, 2.45) is 4.99 Å². The van der Waals surface area contributed by atoms with Crippen LogP contribution in [0.5, 0.6) is 0 Å². The molecule has 2 aromatic rings. The van der Waals surface area contributed by atoms with Crippen molar-refractivity contribution in [3.63, 3.8) is 0 Å². The number of rotatable bonds is 2. The Hall–Kier alpha value is -2.60. The van der Waals surface area contributed by atoms with Crippen molar-refractivity contribution in [1.29, 1.82) is 5.26 Å². The van der Waals surface area contributed by atoms with Crippen LogP contribution < -0.4 is 0 Å². The molecule has 0 bridgehead atoms. The Kier molecular flexibility index (Phi) is 2.99. The molecule has 0 N–H and O–H groups in total. The van der Waals surface area contributed by atoms with Crippen LogP contribution in [0, 0.1) is 11.5 Å². The highest BCUT2D eigenvalue weighted by molar-refractivity contribution is 6.00. The smallest absolute Gasteiger partial charge is 0.185 e. The minimum atomic E-state index is 0.0380. The highest BCUT2D eigenvalue weighted by atomic mass is 15.2. The summed E-state index contributed by atoms with van der Waals surface area (Å²) in [5, 5.41) is 9.26. The average Bonchev–Trinajstić information content (AvgIpc) is 2.93. The molecule has 2 aromatic carbocycles. The van der Waals surface area contributed by atoms with Gasteiger partial charge in [-0.3, -0.25) is 9.89 Å². The predicted molar refractivity (Wildman–Crippen MR) is 74.5 cm³/mol. The summed E-state index contributed by atoms with van der Waals surface area (Å²) >= 11 is 0. The molecule has 92 valence electrons. The fourth-order valence-corrected chi connectivity index (χ4v) is 2.28. The first-order chi connectivity index (χ1) is 9.38. The molecule has 3 nitrogen and oxygen atoms in total. The Morgan fingerprint density at radius 2 is 1.63 bits per heavy atom. The van der Waals surface area contributed by atoms with Gasteiger partial charge in [0.05, 0.1) is 12.6 Å². The van der Waals surface area contributed by atoms with Crippen molar-refractivity contribution in [3.8, 4) is 6.19 Å². The molecule has 3 rings (SSSR count). The van der Waals surface area contributed by atoms with E-state index < -0.39 is 0 Å². The molecule has 0 spiro atoms. The van der Waals surface area contributed by atoms with Gasteiger partial charge in [0.25, 0.3) is 0 Å². The minimum absolute atomic E-state index is 0.0380. The number of benzene rings is 2. The summed E-state index contributed by atoms with van der Waals surface area (Å²) in [4.78, 5) is 6.36. The fourth-order valence-electron chi connectivity index (χ4n) is 2.28. The van der Waals surface area contributed by atoms with Crippen LogP contribution in [0.25, 0.3) is 0 Å². The number of amidine groups is 1. The zero-order valence-corrected chi connectivity index (χ0v) is 10.4. The molecule has 0 fully saturated rings. The molecule has 1 unspecified atom stereocenters. The van der Waals surface area contributed by atoms with Gasteiger partial charge < -0.3 is 0 Å². The average molecular weight is 247 g/mol. The van der Waals surface area contributed by atoms with Crippen LogP contribution in [-0.2, 0) is 0 Å². The Bertz CT molecular complexity index is 626. The van der Waals surface area contributed by atoms with Crippen molar-refractivity contribution in [3.05, 3.63) is 71.8 Å². The second-order valence-electron chi connectivity index (χ2n) is 4.46. The molecule has 1 atom stereocenters. The third-order valence-electron chi connectivity index (χ3n) is 3.23. The SMILES string of the molecule is N#CN1CC(c2ccccc2)N=C1c1ccccc1. The number of hydrogen-bond donors (Lipinski definition) is 0. The van der Waals surface area contributed by atoms with Gasteiger partial charge in [-0.1, -0.05) is 60.7 Å². The Morgan fingerprint density at radius 1 is 1.00 bits per heavy atom. The van der Waals surface area contributed by atoms with Crippen molar-refractivity contribution in [2.75, 3.05) is 6.54 Å². The van der Waals surface area contributed by atoms with E-state index >= 15 is 0 Å². The van der Waals surface area contributed by atoms with Crippen LogP contribution in [0.2, 0.25) is 0 Å². The van der Waals surface area contributed by atoms with Gasteiger partial charge >= 0.3 is 0 Å². The zero-order chi connectivity index (χ0) is 13.1. The molecule has 0 radical (unpaired) electrons. The lowest BCUT2D eigenvalue weighted by atomic mass is 10.1. The summed E-state index contributed by atoms with van der Waals surface area (Å²) in [5.74, 6) is 0.761. The van der Waals surface area contributed by atoms with Gasteiger partial charge in [-0.25, -0.2) is 0 Å². The standard InChI is InChI=1S/C16H13N3/c17-12-19-11-15(13-7-3-1-4-8-13)18-16(19)14-9-5-2-6-10-14/h1-10,15H,11H2. The third kappa shape index (κ3) is 2.21. The molecule has 3 heteroatoms. The molecular weight excluding hydrogens is 234 g/mol. The Labute approximate surface area is 112 Å². The highest BCUT2D eigenvalue weighted by Crippen LogP contribution is 2.26. The topological polar surface area (TPSA) is 39.4 Å². The quantitative estimate of drug-likeness (QED) is 0.765. The monoisotopic (exact) mass is 247 g/mol. The summed E-state index contributed by atoms with van der Waals surface area (Å²) in [6.45, 7) is 0.616. The number of hydrogen-bond acceptors (Lipinski definition) is 3. The minimum Gasteiger partial charge on any atom is -0.260 e. The van der Waals surface area contributed by atoms with Crippen LogP contribution in [0.4, 0.5) is 0 Å². The van der Waals surface area contributed by atoms with Gasteiger partial charge in [0.1, 0.15) is 5.84 Å². The lowest BCUT2D eigenvalue weighted by molar-refractivity contribution is 0.565. The maximum Gasteiger partial charge on any atom is 0.185 e. The van der Waals surface area contributed by atoms with Crippen LogP contribution in [-0.4, -0.2) is 17.3 Å². The molecule has 1 aliphatic heterocycles. The second kappa shape index (κ2) is 4.95. The summed E-state index contributed by atoms with van der Waals surface area (Å²) in [5.41, 5.74) is 2.14. The fraction of sp³-hybridized carbons (Fsp3) is 0.125. The molecule has 0 aliphatic carbocycles. The maximum absolute atomic E-state index is 9.26. The summed E-state index contributed by atoms with van der Waals surface area (Å²) < 4.78 is 0. The molecule has 0 amide bonds. The highest BCUT2D eigenvalue weighted by Gasteiger charge is 2.26. The summed E-state index contributed by atoms with van der Waals surface area (Å²) in [6.07, 6.45) is 2.21. The molecule has 0 aromatic heterocycles. The van der Waals surface area contributed by atoms with Gasteiger partial charge in [-0.15, -0.1) is 0 Å². The van der Waals surface area contributed by atoms with Gasteiger partial charge in [-0.05, 0) is 5.56 Å². The van der Waals surface area contributed by atoms with Crippen LogP contribution in [0.3, 0.4) is 0 Å². The first kappa shape index (κ1) is 11.5. The van der Waals surface area contributed by atoms with E-state index in [4.69, 9.17) is 4.99 Å². The molecular formula is C16H13N3. The lowest BCUT2D eigenvalue weighted by Gasteiger charge is -2.10. The first-order valence-corrected chi connectivity index (χ1v) is 6.24. The van der Waals surface area contributed by atoms with Crippen molar-refractivity contribution in [2.45, 2.75) is 6.04 Å². The van der Waals surface area contributed by atoms with E-state index in [1.165, 1.54) is 0 Å².